The zero-order valence-electron chi connectivity index (χ0n) is 12.8. The highest BCUT2D eigenvalue weighted by Gasteiger charge is 2.39. The highest BCUT2D eigenvalue weighted by Crippen LogP contribution is 2.14. The molecule has 0 radical (unpaired) electrons. The van der Waals surface area contributed by atoms with E-state index in [1.165, 1.54) is 6.26 Å². The molecular weight excluding hydrogens is 312 g/mol. The lowest BCUT2D eigenvalue weighted by Crippen LogP contribution is -2.36. The smallest absolute Gasteiger partial charge is 0.325 e. The number of carbonyl (C=O) groups is 3. The van der Waals surface area contributed by atoms with Gasteiger partial charge in [-0.2, -0.15) is 0 Å². The Kier molecular flexibility index (Phi) is 4.55. The van der Waals surface area contributed by atoms with Crippen molar-refractivity contribution in [3.8, 4) is 0 Å². The lowest BCUT2D eigenvalue weighted by atomic mass is 10.2. The Bertz CT molecular complexity index is 730. The molecule has 2 aromatic heterocycles. The van der Waals surface area contributed by atoms with E-state index in [-0.39, 0.29) is 18.9 Å². The zero-order valence-corrected chi connectivity index (χ0v) is 12.8. The molecule has 2 aromatic rings. The third-order valence-electron chi connectivity index (χ3n) is 3.60. The Hall–Kier alpha value is -3.16. The van der Waals surface area contributed by atoms with E-state index < -0.39 is 18.0 Å². The number of furan rings is 1. The van der Waals surface area contributed by atoms with E-state index >= 15 is 0 Å². The summed E-state index contributed by atoms with van der Waals surface area (Å²) in [6.45, 7) is 0.364. The molecule has 0 aliphatic carbocycles. The number of nitrogens with one attached hydrogen (secondary N) is 2. The number of hydrogen-bond donors (Lipinski definition) is 2. The molecule has 2 N–H and O–H groups in total. The minimum Gasteiger partial charge on any atom is -0.467 e. The predicted octanol–water partition coefficient (Wildman–Crippen LogP) is 0.801. The van der Waals surface area contributed by atoms with Crippen LogP contribution >= 0.6 is 0 Å². The Morgan fingerprint density at radius 2 is 2.21 bits per heavy atom. The topological polar surface area (TPSA) is 105 Å². The zero-order chi connectivity index (χ0) is 16.9. The molecule has 0 saturated carbocycles. The van der Waals surface area contributed by atoms with E-state index in [0.717, 1.165) is 10.5 Å². The summed E-state index contributed by atoms with van der Waals surface area (Å²) in [6, 6.07) is 5.57. The molecule has 1 aliphatic rings. The molecule has 3 rings (SSSR count). The van der Waals surface area contributed by atoms with Crippen molar-refractivity contribution in [2.75, 3.05) is 0 Å². The van der Waals surface area contributed by atoms with Gasteiger partial charge >= 0.3 is 6.03 Å². The van der Waals surface area contributed by atoms with Crippen LogP contribution in [-0.2, 0) is 22.7 Å². The van der Waals surface area contributed by atoms with Crippen LogP contribution in [0.25, 0.3) is 0 Å². The number of aromatic nitrogens is 1. The lowest BCUT2D eigenvalue weighted by Gasteiger charge is -2.11. The van der Waals surface area contributed by atoms with Gasteiger partial charge in [0.2, 0.25) is 5.91 Å². The van der Waals surface area contributed by atoms with Crippen molar-refractivity contribution < 1.29 is 18.8 Å². The van der Waals surface area contributed by atoms with Crippen LogP contribution in [0.2, 0.25) is 0 Å². The number of nitrogens with zero attached hydrogens (tertiary/aromatic N) is 2. The number of rotatable bonds is 6. The summed E-state index contributed by atoms with van der Waals surface area (Å²) in [6.07, 6.45) is 4.65. The summed E-state index contributed by atoms with van der Waals surface area (Å²) >= 11 is 0. The van der Waals surface area contributed by atoms with Crippen LogP contribution in [0.4, 0.5) is 4.79 Å². The molecule has 3 heterocycles. The van der Waals surface area contributed by atoms with Crippen LogP contribution in [0.3, 0.4) is 0 Å². The van der Waals surface area contributed by atoms with Crippen molar-refractivity contribution in [3.63, 3.8) is 0 Å². The molecule has 8 heteroatoms. The Labute approximate surface area is 137 Å². The van der Waals surface area contributed by atoms with Gasteiger partial charge in [-0.15, -0.1) is 0 Å². The first-order valence-corrected chi connectivity index (χ1v) is 7.43. The van der Waals surface area contributed by atoms with Crippen LogP contribution in [0.15, 0.2) is 47.3 Å². The van der Waals surface area contributed by atoms with Crippen molar-refractivity contribution in [1.82, 2.24) is 20.5 Å². The number of amides is 4. The molecule has 0 unspecified atom stereocenters. The van der Waals surface area contributed by atoms with Crippen LogP contribution in [0.5, 0.6) is 0 Å². The molecule has 1 saturated heterocycles. The van der Waals surface area contributed by atoms with E-state index in [0.29, 0.717) is 12.3 Å². The van der Waals surface area contributed by atoms with Crippen LogP contribution in [0, 0.1) is 0 Å². The Balaban J connectivity index is 1.52. The molecular formula is C16H16N4O4. The van der Waals surface area contributed by atoms with Crippen LogP contribution in [0.1, 0.15) is 17.7 Å². The van der Waals surface area contributed by atoms with Gasteiger partial charge in [0, 0.05) is 18.9 Å². The maximum atomic E-state index is 12.3. The quantitative estimate of drug-likeness (QED) is 0.763. The molecule has 24 heavy (non-hydrogen) atoms. The van der Waals surface area contributed by atoms with Gasteiger partial charge in [-0.1, -0.05) is 6.07 Å². The highest BCUT2D eigenvalue weighted by molar-refractivity contribution is 6.05. The summed E-state index contributed by atoms with van der Waals surface area (Å²) in [4.78, 5) is 41.1. The average molecular weight is 328 g/mol. The molecule has 1 atom stereocenters. The summed E-state index contributed by atoms with van der Waals surface area (Å²) in [5, 5.41) is 5.22. The second-order valence-corrected chi connectivity index (χ2v) is 5.35. The Morgan fingerprint density at radius 3 is 2.92 bits per heavy atom. The van der Waals surface area contributed by atoms with Gasteiger partial charge in [0.1, 0.15) is 11.8 Å². The van der Waals surface area contributed by atoms with Gasteiger partial charge in [-0.25, -0.2) is 4.79 Å². The molecule has 0 aromatic carbocycles. The van der Waals surface area contributed by atoms with E-state index in [1.807, 2.05) is 6.07 Å². The van der Waals surface area contributed by atoms with Gasteiger partial charge in [0.25, 0.3) is 5.91 Å². The van der Waals surface area contributed by atoms with E-state index in [4.69, 9.17) is 4.42 Å². The first kappa shape index (κ1) is 15.7. The van der Waals surface area contributed by atoms with Gasteiger partial charge in [-0.05, 0) is 23.8 Å². The van der Waals surface area contributed by atoms with Crippen molar-refractivity contribution in [2.24, 2.45) is 0 Å². The maximum Gasteiger partial charge on any atom is 0.325 e. The molecule has 4 amide bonds. The molecule has 8 nitrogen and oxygen atoms in total. The largest absolute Gasteiger partial charge is 0.467 e. The first-order chi connectivity index (χ1) is 11.6. The number of carbonyl (C=O) groups excluding carboxylic acids is 3. The minimum absolute atomic E-state index is 0.0471. The van der Waals surface area contributed by atoms with E-state index in [2.05, 4.69) is 15.6 Å². The maximum absolute atomic E-state index is 12.3. The SMILES string of the molecule is O=C(C[C@H]1NC(=O)N(Cc2ccco2)C1=O)NCc1cccnc1. The Morgan fingerprint density at radius 1 is 1.33 bits per heavy atom. The molecule has 1 fully saturated rings. The minimum atomic E-state index is -0.860. The summed E-state index contributed by atoms with van der Waals surface area (Å²) in [5.41, 5.74) is 0.854. The number of imide groups is 1. The first-order valence-electron chi connectivity index (χ1n) is 7.43. The lowest BCUT2D eigenvalue weighted by molar-refractivity contribution is -0.131. The van der Waals surface area contributed by atoms with Gasteiger partial charge in [-0.3, -0.25) is 19.5 Å². The second kappa shape index (κ2) is 6.95. The summed E-state index contributed by atoms with van der Waals surface area (Å²) in [5.74, 6) is -0.259. The number of hydrogen-bond acceptors (Lipinski definition) is 5. The van der Waals surface area contributed by atoms with Crippen molar-refractivity contribution in [1.29, 1.82) is 0 Å². The van der Waals surface area contributed by atoms with Gasteiger partial charge in [0.05, 0.1) is 19.2 Å². The predicted molar refractivity (Wildman–Crippen MR) is 82.3 cm³/mol. The molecule has 0 spiro atoms. The molecule has 124 valence electrons. The fraction of sp³-hybridized carbons (Fsp3) is 0.250. The van der Waals surface area contributed by atoms with E-state index in [9.17, 15) is 14.4 Å². The van der Waals surface area contributed by atoms with Gasteiger partial charge in [0.15, 0.2) is 0 Å². The highest BCUT2D eigenvalue weighted by atomic mass is 16.3. The monoisotopic (exact) mass is 328 g/mol. The van der Waals surface area contributed by atoms with E-state index in [1.54, 1.807) is 30.6 Å². The van der Waals surface area contributed by atoms with Crippen molar-refractivity contribution in [3.05, 3.63) is 54.2 Å². The molecule has 0 bridgehead atoms. The van der Waals surface area contributed by atoms with Gasteiger partial charge < -0.3 is 15.1 Å². The third-order valence-corrected chi connectivity index (χ3v) is 3.60. The van der Waals surface area contributed by atoms with Crippen molar-refractivity contribution >= 4 is 17.8 Å². The standard InChI is InChI=1S/C16H16N4O4/c21-14(18-9-11-3-1-5-17-8-11)7-13-15(22)20(16(23)19-13)10-12-4-2-6-24-12/h1-6,8,13H,7,9-10H2,(H,18,21)(H,19,23)/t13-/m1/s1. The number of pyridine rings is 1. The third kappa shape index (κ3) is 3.60. The fourth-order valence-corrected chi connectivity index (χ4v) is 2.38. The van der Waals surface area contributed by atoms with Crippen LogP contribution in [-0.4, -0.2) is 33.8 Å². The second-order valence-electron chi connectivity index (χ2n) is 5.35. The fourth-order valence-electron chi connectivity index (χ4n) is 2.38. The molecule has 1 aliphatic heterocycles. The normalized spacial score (nSPS) is 17.0. The number of urea groups is 1. The van der Waals surface area contributed by atoms with Crippen LogP contribution < -0.4 is 10.6 Å². The summed E-state index contributed by atoms with van der Waals surface area (Å²) in [7, 11) is 0. The summed E-state index contributed by atoms with van der Waals surface area (Å²) < 4.78 is 5.14. The van der Waals surface area contributed by atoms with Crippen molar-refractivity contribution in [2.45, 2.75) is 25.6 Å². The average Bonchev–Trinajstić information content (AvgIpc) is 3.18.